The number of rotatable bonds is 3. The second kappa shape index (κ2) is 5.90. The number of hydrogen-bond acceptors (Lipinski definition) is 2. The van der Waals surface area contributed by atoms with Crippen molar-refractivity contribution < 1.29 is 0 Å². The number of nitrogens with zero attached hydrogens (tertiary/aromatic N) is 3. The summed E-state index contributed by atoms with van der Waals surface area (Å²) in [6.45, 7) is 4.82. The highest BCUT2D eigenvalue weighted by Crippen LogP contribution is 2.23. The largest absolute Gasteiger partial charge is 0.331 e. The van der Waals surface area contributed by atoms with Crippen LogP contribution in [-0.4, -0.2) is 14.1 Å². The molecular weight excluding hydrogens is 286 g/mol. The van der Waals surface area contributed by atoms with Crippen molar-refractivity contribution in [2.75, 3.05) is 0 Å². The summed E-state index contributed by atoms with van der Waals surface area (Å²) in [4.78, 5) is 17.2. The number of aromatic nitrogens is 3. The Morgan fingerprint density at radius 1 is 1.24 bits per heavy atom. The number of pyridine rings is 1. The predicted octanol–water partition coefficient (Wildman–Crippen LogP) is 3.42. The van der Waals surface area contributed by atoms with Gasteiger partial charge in [-0.15, -0.1) is 12.4 Å². The van der Waals surface area contributed by atoms with E-state index in [1.54, 1.807) is 0 Å². The van der Waals surface area contributed by atoms with Gasteiger partial charge in [-0.1, -0.05) is 31.5 Å². The van der Waals surface area contributed by atoms with Crippen molar-refractivity contribution in [3.63, 3.8) is 0 Å². The molecule has 0 atom stereocenters. The summed E-state index contributed by atoms with van der Waals surface area (Å²) < 4.78 is 3.87. The lowest BCUT2D eigenvalue weighted by atomic mass is 10.1. The molecule has 112 valence electrons. The Hall–Kier alpha value is -1.81. The van der Waals surface area contributed by atoms with Gasteiger partial charge < -0.3 is 9.13 Å². The molecule has 2 heterocycles. The first-order valence-corrected chi connectivity index (χ1v) is 7.09. The molecule has 0 aliphatic rings. The lowest BCUT2D eigenvalue weighted by Crippen LogP contribution is -2.21. The fourth-order valence-electron chi connectivity index (χ4n) is 2.75. The summed E-state index contributed by atoms with van der Waals surface area (Å²) in [5, 5.41) is 1.10. The summed E-state index contributed by atoms with van der Waals surface area (Å²) in [7, 11) is 1.97. The molecule has 0 aliphatic carbocycles. The second-order valence-electron chi connectivity index (χ2n) is 5.24. The zero-order chi connectivity index (χ0) is 14.3. The molecule has 0 saturated carbocycles. The number of aryl methyl sites for hydroxylation is 3. The number of hydrogen-bond donors (Lipinski definition) is 0. The van der Waals surface area contributed by atoms with Gasteiger partial charge in [0.2, 0.25) is 0 Å². The van der Waals surface area contributed by atoms with Gasteiger partial charge in [0.25, 0.3) is 5.56 Å². The van der Waals surface area contributed by atoms with Crippen molar-refractivity contribution in [2.45, 2.75) is 33.2 Å². The lowest BCUT2D eigenvalue weighted by Gasteiger charge is -2.11. The van der Waals surface area contributed by atoms with E-state index in [9.17, 15) is 4.79 Å². The summed E-state index contributed by atoms with van der Waals surface area (Å²) >= 11 is 0. The number of unbranched alkanes of at least 4 members (excludes halogenated alkanes) is 1. The molecule has 0 unspecified atom stereocenters. The number of benzene rings is 1. The monoisotopic (exact) mass is 305 g/mol. The second-order valence-corrected chi connectivity index (χ2v) is 5.24. The molecule has 4 nitrogen and oxygen atoms in total. The normalized spacial score (nSPS) is 11.0. The highest BCUT2D eigenvalue weighted by molar-refractivity contribution is 6.02. The van der Waals surface area contributed by atoms with Gasteiger partial charge in [0.1, 0.15) is 5.82 Å². The summed E-state index contributed by atoms with van der Waals surface area (Å²) in [6.07, 6.45) is 2.07. The van der Waals surface area contributed by atoms with Crippen LogP contribution in [0.1, 0.15) is 25.6 Å². The molecule has 0 radical (unpaired) electrons. The van der Waals surface area contributed by atoms with Crippen molar-refractivity contribution in [3.8, 4) is 0 Å². The number of fused-ring (bicyclic) bond motifs is 3. The molecule has 0 saturated heterocycles. The van der Waals surface area contributed by atoms with Crippen LogP contribution in [0.2, 0.25) is 0 Å². The van der Waals surface area contributed by atoms with Gasteiger partial charge in [0.15, 0.2) is 5.52 Å². The van der Waals surface area contributed by atoms with Crippen LogP contribution >= 0.6 is 12.4 Å². The van der Waals surface area contributed by atoms with Crippen LogP contribution in [0.4, 0.5) is 0 Å². The Kier molecular flexibility index (Phi) is 4.37. The molecule has 0 spiro atoms. The van der Waals surface area contributed by atoms with E-state index in [1.165, 1.54) is 0 Å². The third-order valence-corrected chi connectivity index (χ3v) is 3.95. The lowest BCUT2D eigenvalue weighted by molar-refractivity contribution is 0.634. The Bertz CT molecular complexity index is 848. The maximum atomic E-state index is 12.7. The highest BCUT2D eigenvalue weighted by atomic mass is 35.5. The van der Waals surface area contributed by atoms with Gasteiger partial charge >= 0.3 is 0 Å². The topological polar surface area (TPSA) is 39.8 Å². The minimum Gasteiger partial charge on any atom is -0.331 e. The van der Waals surface area contributed by atoms with Crippen LogP contribution in [0.15, 0.2) is 29.1 Å². The van der Waals surface area contributed by atoms with E-state index in [2.05, 4.69) is 18.0 Å². The first kappa shape index (κ1) is 15.6. The number of para-hydroxylation sites is 1. The first-order chi connectivity index (χ1) is 9.65. The van der Waals surface area contributed by atoms with Crippen molar-refractivity contribution in [3.05, 3.63) is 40.4 Å². The van der Waals surface area contributed by atoms with Gasteiger partial charge in [-0.25, -0.2) is 4.98 Å². The molecule has 0 fully saturated rings. The van der Waals surface area contributed by atoms with E-state index in [1.807, 2.05) is 41.3 Å². The summed E-state index contributed by atoms with van der Waals surface area (Å²) in [5.74, 6) is 0.871. The number of imidazole rings is 1. The van der Waals surface area contributed by atoms with E-state index in [4.69, 9.17) is 0 Å². The fourth-order valence-corrected chi connectivity index (χ4v) is 2.75. The van der Waals surface area contributed by atoms with Crippen LogP contribution < -0.4 is 5.56 Å². The van der Waals surface area contributed by atoms with E-state index in [0.29, 0.717) is 5.52 Å². The van der Waals surface area contributed by atoms with Crippen LogP contribution in [0.5, 0.6) is 0 Å². The quantitative estimate of drug-likeness (QED) is 0.744. The number of halogens is 1. The average molecular weight is 306 g/mol. The van der Waals surface area contributed by atoms with Gasteiger partial charge in [-0.05, 0) is 19.4 Å². The summed E-state index contributed by atoms with van der Waals surface area (Å²) in [5.41, 5.74) is 2.55. The zero-order valence-electron chi connectivity index (χ0n) is 12.6. The van der Waals surface area contributed by atoms with E-state index < -0.39 is 0 Å². The third-order valence-electron chi connectivity index (χ3n) is 3.95. The molecule has 0 bridgehead atoms. The van der Waals surface area contributed by atoms with Gasteiger partial charge in [0.05, 0.1) is 11.0 Å². The van der Waals surface area contributed by atoms with Crippen molar-refractivity contribution in [2.24, 2.45) is 7.05 Å². The smallest absolute Gasteiger partial charge is 0.279 e. The third kappa shape index (κ3) is 2.33. The van der Waals surface area contributed by atoms with Crippen molar-refractivity contribution in [1.82, 2.24) is 14.1 Å². The van der Waals surface area contributed by atoms with Crippen molar-refractivity contribution >= 4 is 34.3 Å². The minimum atomic E-state index is 0. The fraction of sp³-hybridized carbons (Fsp3) is 0.375. The zero-order valence-corrected chi connectivity index (χ0v) is 13.4. The van der Waals surface area contributed by atoms with Gasteiger partial charge in [-0.3, -0.25) is 4.79 Å². The van der Waals surface area contributed by atoms with E-state index in [-0.39, 0.29) is 18.0 Å². The van der Waals surface area contributed by atoms with Crippen molar-refractivity contribution in [1.29, 1.82) is 0 Å². The Labute approximate surface area is 129 Å². The molecule has 2 aromatic heterocycles. The minimum absolute atomic E-state index is 0. The maximum absolute atomic E-state index is 12.7. The molecule has 0 amide bonds. The molecule has 3 rings (SSSR count). The molecular formula is C16H20ClN3O. The standard InChI is InChI=1S/C16H19N3O.ClH/c1-4-5-10-19-13-9-7-6-8-12(13)15-14(16(19)20)17-11(2)18(15)3;/h6-9H,4-5,10H2,1-3H3;1H. The SMILES string of the molecule is CCCCn1c(=O)c2nc(C)n(C)c2c2ccccc21.Cl. The molecule has 5 heteroatoms. The average Bonchev–Trinajstić information content (AvgIpc) is 2.76. The molecule has 1 aromatic carbocycles. The molecule has 0 N–H and O–H groups in total. The Morgan fingerprint density at radius 3 is 2.67 bits per heavy atom. The summed E-state index contributed by atoms with van der Waals surface area (Å²) in [6, 6.07) is 8.09. The first-order valence-electron chi connectivity index (χ1n) is 7.09. The molecule has 3 aromatic rings. The van der Waals surface area contributed by atoms with Crippen LogP contribution in [0, 0.1) is 6.92 Å². The van der Waals surface area contributed by atoms with E-state index in [0.717, 1.165) is 41.6 Å². The Balaban J connectivity index is 0.00000161. The van der Waals surface area contributed by atoms with Crippen LogP contribution in [0.25, 0.3) is 21.9 Å². The highest BCUT2D eigenvalue weighted by Gasteiger charge is 2.15. The van der Waals surface area contributed by atoms with Crippen LogP contribution in [0.3, 0.4) is 0 Å². The van der Waals surface area contributed by atoms with E-state index >= 15 is 0 Å². The molecule has 0 aliphatic heterocycles. The van der Waals surface area contributed by atoms with Crippen LogP contribution in [-0.2, 0) is 13.6 Å². The predicted molar refractivity (Wildman–Crippen MR) is 89.4 cm³/mol. The Morgan fingerprint density at radius 2 is 1.95 bits per heavy atom. The van der Waals surface area contributed by atoms with Gasteiger partial charge in [-0.2, -0.15) is 0 Å². The van der Waals surface area contributed by atoms with Gasteiger partial charge in [0, 0.05) is 19.0 Å². The maximum Gasteiger partial charge on any atom is 0.279 e. The molecule has 21 heavy (non-hydrogen) atoms.